The van der Waals surface area contributed by atoms with Crippen molar-refractivity contribution in [3.05, 3.63) is 39.7 Å². The van der Waals surface area contributed by atoms with Gasteiger partial charge in [-0.3, -0.25) is 9.59 Å². The van der Waals surface area contributed by atoms with E-state index >= 15 is 0 Å². The topological polar surface area (TPSA) is 156 Å². The zero-order valence-corrected chi connectivity index (χ0v) is 21.4. The molecule has 1 saturated carbocycles. The number of Topliss-reactive ketones (excluding diaryl/α,β-unsaturated/α-hetero) is 1. The van der Waals surface area contributed by atoms with Gasteiger partial charge in [0.2, 0.25) is 0 Å². The van der Waals surface area contributed by atoms with E-state index in [1.807, 2.05) is 38.9 Å². The van der Waals surface area contributed by atoms with E-state index in [2.05, 4.69) is 5.32 Å². The van der Waals surface area contributed by atoms with E-state index in [1.54, 1.807) is 0 Å². The lowest BCUT2D eigenvalue weighted by Gasteiger charge is -2.49. The van der Waals surface area contributed by atoms with E-state index in [1.165, 1.54) is 0 Å². The molecule has 0 bridgehead atoms. The fourth-order valence-corrected chi connectivity index (χ4v) is 6.67. The van der Waals surface area contributed by atoms with Crippen molar-refractivity contribution in [2.45, 2.75) is 58.1 Å². The van der Waals surface area contributed by atoms with Gasteiger partial charge in [-0.15, -0.1) is 0 Å². The maximum atomic E-state index is 14.0. The number of aliphatic hydroxyl groups excluding tert-OH is 2. The number of allylic oxidation sites excluding steroid dienone is 2. The van der Waals surface area contributed by atoms with Crippen LogP contribution in [0.2, 0.25) is 0 Å². The quantitative estimate of drug-likeness (QED) is 0.334. The van der Waals surface area contributed by atoms with Crippen LogP contribution in [0.3, 0.4) is 0 Å². The van der Waals surface area contributed by atoms with Gasteiger partial charge in [0.05, 0.1) is 17.1 Å². The van der Waals surface area contributed by atoms with Gasteiger partial charge in [-0.2, -0.15) is 0 Å². The molecule has 1 aromatic rings. The number of anilines is 1. The highest BCUT2D eigenvalue weighted by atomic mass is 16.3. The van der Waals surface area contributed by atoms with Gasteiger partial charge in [0.25, 0.3) is 5.91 Å². The Morgan fingerprint density at radius 1 is 1.22 bits per heavy atom. The second-order valence-corrected chi connectivity index (χ2v) is 10.5. The number of nitrogens with two attached hydrogens (primary N) is 1. The van der Waals surface area contributed by atoms with Crippen molar-refractivity contribution in [2.24, 2.45) is 23.5 Å². The summed E-state index contributed by atoms with van der Waals surface area (Å²) in [5, 5.41) is 48.3. The summed E-state index contributed by atoms with van der Waals surface area (Å²) in [6.45, 7) is 4.86. The lowest BCUT2D eigenvalue weighted by molar-refractivity contribution is -0.138. The van der Waals surface area contributed by atoms with E-state index in [4.69, 9.17) is 5.73 Å². The SMILES string of the molecule is CCC[C@]1(O)C(C(N)=O)=C(O)CC2CC3Cc4c(N(C)C)cc(CNCC)c(O)c4C(O)=C3C(=O)C21. The molecule has 1 aromatic carbocycles. The van der Waals surface area contributed by atoms with Crippen LogP contribution in [0.5, 0.6) is 5.75 Å². The Labute approximate surface area is 211 Å². The van der Waals surface area contributed by atoms with Gasteiger partial charge < -0.3 is 36.4 Å². The third-order valence-corrected chi connectivity index (χ3v) is 8.04. The summed E-state index contributed by atoms with van der Waals surface area (Å²) < 4.78 is 0. The Balaban J connectivity index is 1.90. The van der Waals surface area contributed by atoms with Crippen molar-refractivity contribution < 1.29 is 30.0 Å². The Hall–Kier alpha value is -3.04. The molecule has 9 heteroatoms. The van der Waals surface area contributed by atoms with Crippen molar-refractivity contribution >= 4 is 23.1 Å². The van der Waals surface area contributed by atoms with Crippen molar-refractivity contribution in [1.29, 1.82) is 0 Å². The minimum atomic E-state index is -1.92. The average molecular weight is 500 g/mol. The lowest BCUT2D eigenvalue weighted by Crippen LogP contribution is -2.57. The molecule has 0 saturated heterocycles. The van der Waals surface area contributed by atoms with Crippen molar-refractivity contribution in [3.8, 4) is 5.75 Å². The molecule has 0 aromatic heterocycles. The number of primary amides is 1. The number of hydrogen-bond donors (Lipinski definition) is 6. The normalized spacial score (nSPS) is 27.5. The smallest absolute Gasteiger partial charge is 0.250 e. The summed E-state index contributed by atoms with van der Waals surface area (Å²) in [4.78, 5) is 28.2. The number of aromatic hydroxyl groups is 1. The molecule has 0 radical (unpaired) electrons. The highest BCUT2D eigenvalue weighted by Gasteiger charge is 2.58. The zero-order chi connectivity index (χ0) is 26.5. The molecule has 7 N–H and O–H groups in total. The molecule has 3 aliphatic carbocycles. The van der Waals surface area contributed by atoms with Gasteiger partial charge in [-0.05, 0) is 49.3 Å². The molecule has 1 fully saturated rings. The molecule has 9 nitrogen and oxygen atoms in total. The van der Waals surface area contributed by atoms with Gasteiger partial charge >= 0.3 is 0 Å². The Morgan fingerprint density at radius 3 is 2.50 bits per heavy atom. The van der Waals surface area contributed by atoms with Crippen LogP contribution in [0.15, 0.2) is 23.0 Å². The van der Waals surface area contributed by atoms with E-state index in [-0.39, 0.29) is 52.7 Å². The zero-order valence-electron chi connectivity index (χ0n) is 21.4. The number of amides is 1. The molecule has 3 unspecified atom stereocenters. The van der Waals surface area contributed by atoms with Gasteiger partial charge in [0.1, 0.15) is 22.9 Å². The highest BCUT2D eigenvalue weighted by Crippen LogP contribution is 2.55. The molecule has 4 rings (SSSR count). The maximum Gasteiger partial charge on any atom is 0.250 e. The molecule has 196 valence electrons. The van der Waals surface area contributed by atoms with E-state index in [9.17, 15) is 30.0 Å². The van der Waals surface area contributed by atoms with Crippen molar-refractivity contribution in [1.82, 2.24) is 5.32 Å². The van der Waals surface area contributed by atoms with Crippen LogP contribution in [0.1, 0.15) is 56.2 Å². The first-order valence-corrected chi connectivity index (χ1v) is 12.7. The summed E-state index contributed by atoms with van der Waals surface area (Å²) in [5.74, 6) is -3.80. The summed E-state index contributed by atoms with van der Waals surface area (Å²) in [5.41, 5.74) is 5.94. The van der Waals surface area contributed by atoms with Crippen molar-refractivity contribution in [2.75, 3.05) is 25.5 Å². The minimum Gasteiger partial charge on any atom is -0.512 e. The average Bonchev–Trinajstić information content (AvgIpc) is 2.77. The fraction of sp³-hybridized carbons (Fsp3) is 0.556. The third-order valence-electron chi connectivity index (χ3n) is 8.04. The Kier molecular flexibility index (Phi) is 6.83. The molecule has 4 atom stereocenters. The van der Waals surface area contributed by atoms with Gasteiger partial charge in [-0.25, -0.2) is 0 Å². The Morgan fingerprint density at radius 2 is 1.92 bits per heavy atom. The van der Waals surface area contributed by atoms with Crippen LogP contribution in [0.4, 0.5) is 5.69 Å². The first-order chi connectivity index (χ1) is 17.0. The van der Waals surface area contributed by atoms with E-state index < -0.39 is 29.1 Å². The summed E-state index contributed by atoms with van der Waals surface area (Å²) in [6.07, 6.45) is 1.44. The minimum absolute atomic E-state index is 0.0610. The molecule has 0 spiro atoms. The number of carbonyl (C=O) groups is 2. The second-order valence-electron chi connectivity index (χ2n) is 10.5. The van der Waals surface area contributed by atoms with Gasteiger partial charge in [-0.1, -0.05) is 20.3 Å². The summed E-state index contributed by atoms with van der Waals surface area (Å²) in [7, 11) is 3.78. The molecule has 0 heterocycles. The standard InChI is InChI=1S/C27H37N3O6/c1-5-7-27(36)21-14(11-18(31)22(27)26(28)35)8-13-9-16-17(30(3)4)10-15(12-29-6-2)23(32)20(16)24(33)19(13)25(21)34/h10,13-14,21,29,31-33,36H,5-9,11-12H2,1-4H3,(H2,28,35)/t13?,14?,21?,27-/m1/s1. The number of phenols is 1. The fourth-order valence-electron chi connectivity index (χ4n) is 6.67. The van der Waals surface area contributed by atoms with E-state index in [0.29, 0.717) is 37.9 Å². The van der Waals surface area contributed by atoms with Crippen LogP contribution >= 0.6 is 0 Å². The molecular weight excluding hydrogens is 462 g/mol. The number of nitrogens with one attached hydrogen (secondary N) is 1. The number of rotatable bonds is 7. The van der Waals surface area contributed by atoms with Crippen LogP contribution in [-0.4, -0.2) is 58.4 Å². The number of hydrogen-bond acceptors (Lipinski definition) is 8. The molecular formula is C27H37N3O6. The Bertz CT molecular complexity index is 1170. The third kappa shape index (κ3) is 3.85. The number of fused-ring (bicyclic) bond motifs is 3. The monoisotopic (exact) mass is 499 g/mol. The predicted molar refractivity (Wildman–Crippen MR) is 136 cm³/mol. The largest absolute Gasteiger partial charge is 0.512 e. The molecule has 0 aliphatic heterocycles. The van der Waals surface area contributed by atoms with Crippen LogP contribution in [0, 0.1) is 17.8 Å². The van der Waals surface area contributed by atoms with Gasteiger partial charge in [0, 0.05) is 43.9 Å². The molecule has 1 amide bonds. The first-order valence-electron chi connectivity index (χ1n) is 12.7. The van der Waals surface area contributed by atoms with Crippen LogP contribution in [0.25, 0.3) is 5.76 Å². The maximum absolute atomic E-state index is 14.0. The highest BCUT2D eigenvalue weighted by molar-refractivity contribution is 6.08. The number of aliphatic hydroxyl groups is 3. The summed E-state index contributed by atoms with van der Waals surface area (Å²) in [6, 6.07) is 1.90. The number of nitrogens with zero attached hydrogens (tertiary/aromatic N) is 1. The second kappa shape index (κ2) is 9.44. The number of benzene rings is 1. The summed E-state index contributed by atoms with van der Waals surface area (Å²) >= 11 is 0. The number of ketones is 1. The van der Waals surface area contributed by atoms with Gasteiger partial charge in [0.15, 0.2) is 5.78 Å². The predicted octanol–water partition coefficient (Wildman–Crippen LogP) is 2.45. The van der Waals surface area contributed by atoms with E-state index in [0.717, 1.165) is 11.3 Å². The lowest BCUT2D eigenvalue weighted by atomic mass is 9.55. The molecule has 3 aliphatic rings. The number of phenolic OH excluding ortho intramolecular Hbond substituents is 1. The first kappa shape index (κ1) is 26.0. The van der Waals surface area contributed by atoms with Crippen molar-refractivity contribution in [3.63, 3.8) is 0 Å². The van der Waals surface area contributed by atoms with Crippen LogP contribution < -0.4 is 16.0 Å². The number of carbonyl (C=O) groups excluding carboxylic acids is 2. The molecule has 36 heavy (non-hydrogen) atoms. The van der Waals surface area contributed by atoms with Crippen LogP contribution in [-0.2, 0) is 22.6 Å².